The van der Waals surface area contributed by atoms with E-state index in [2.05, 4.69) is 5.32 Å². The SMILES string of the molecule is CCCNC(=O)CN(C)Cc1cc(C=O)ccc1OC. The van der Waals surface area contributed by atoms with Crippen molar-refractivity contribution < 1.29 is 14.3 Å². The Morgan fingerprint density at radius 2 is 2.20 bits per heavy atom. The van der Waals surface area contributed by atoms with Gasteiger partial charge in [0, 0.05) is 24.2 Å². The smallest absolute Gasteiger partial charge is 0.234 e. The summed E-state index contributed by atoms with van der Waals surface area (Å²) >= 11 is 0. The Balaban J connectivity index is 2.66. The first-order valence-electron chi connectivity index (χ1n) is 6.68. The number of amides is 1. The van der Waals surface area contributed by atoms with E-state index in [1.54, 1.807) is 25.3 Å². The molecule has 0 spiro atoms. The van der Waals surface area contributed by atoms with Crippen molar-refractivity contribution in [2.24, 2.45) is 0 Å². The summed E-state index contributed by atoms with van der Waals surface area (Å²) in [5, 5.41) is 2.83. The van der Waals surface area contributed by atoms with Crippen LogP contribution in [0.2, 0.25) is 0 Å². The predicted octanol–water partition coefficient (Wildman–Crippen LogP) is 1.47. The van der Waals surface area contributed by atoms with E-state index in [4.69, 9.17) is 4.74 Å². The highest BCUT2D eigenvalue weighted by atomic mass is 16.5. The molecule has 110 valence electrons. The maximum absolute atomic E-state index is 11.6. The first-order chi connectivity index (χ1) is 9.60. The number of ether oxygens (including phenoxy) is 1. The second kappa shape index (κ2) is 8.32. The summed E-state index contributed by atoms with van der Waals surface area (Å²) in [5.74, 6) is 0.719. The Bertz CT molecular complexity index is 460. The standard InChI is InChI=1S/C15H22N2O3/c1-4-7-16-15(19)10-17(2)9-13-8-12(11-18)5-6-14(13)20-3/h5-6,8,11H,4,7,9-10H2,1-3H3,(H,16,19). The number of methoxy groups -OCH3 is 1. The molecule has 1 N–H and O–H groups in total. The van der Waals surface area contributed by atoms with Crippen molar-refractivity contribution in [3.8, 4) is 5.75 Å². The van der Waals surface area contributed by atoms with Crippen LogP contribution in [-0.2, 0) is 11.3 Å². The molecule has 0 aromatic heterocycles. The lowest BCUT2D eigenvalue weighted by Gasteiger charge is -2.18. The zero-order chi connectivity index (χ0) is 15.0. The third-order valence-corrected chi connectivity index (χ3v) is 2.87. The highest BCUT2D eigenvalue weighted by Crippen LogP contribution is 2.20. The number of nitrogens with zero attached hydrogens (tertiary/aromatic N) is 1. The third kappa shape index (κ3) is 5.01. The molecule has 1 amide bonds. The van der Waals surface area contributed by atoms with Gasteiger partial charge in [0.05, 0.1) is 13.7 Å². The molecular formula is C15H22N2O3. The summed E-state index contributed by atoms with van der Waals surface area (Å²) in [6.07, 6.45) is 1.72. The molecule has 0 fully saturated rings. The number of benzene rings is 1. The molecule has 0 unspecified atom stereocenters. The number of aldehydes is 1. The summed E-state index contributed by atoms with van der Waals surface area (Å²) in [7, 11) is 3.45. The molecular weight excluding hydrogens is 256 g/mol. The van der Waals surface area contributed by atoms with Gasteiger partial charge in [-0.2, -0.15) is 0 Å². The third-order valence-electron chi connectivity index (χ3n) is 2.87. The van der Waals surface area contributed by atoms with Crippen molar-refractivity contribution in [3.05, 3.63) is 29.3 Å². The van der Waals surface area contributed by atoms with Gasteiger partial charge in [0.2, 0.25) is 5.91 Å². The summed E-state index contributed by atoms with van der Waals surface area (Å²) in [6.45, 7) is 3.56. The van der Waals surface area contributed by atoms with Crippen molar-refractivity contribution in [3.63, 3.8) is 0 Å². The van der Waals surface area contributed by atoms with E-state index in [0.717, 1.165) is 24.0 Å². The van der Waals surface area contributed by atoms with Gasteiger partial charge in [-0.1, -0.05) is 6.92 Å². The van der Waals surface area contributed by atoms with Crippen molar-refractivity contribution in [2.45, 2.75) is 19.9 Å². The van der Waals surface area contributed by atoms with E-state index in [1.165, 1.54) is 0 Å². The Hall–Kier alpha value is -1.88. The fourth-order valence-electron chi connectivity index (χ4n) is 1.91. The van der Waals surface area contributed by atoms with Gasteiger partial charge in [-0.05, 0) is 31.7 Å². The van der Waals surface area contributed by atoms with E-state index < -0.39 is 0 Å². The topological polar surface area (TPSA) is 58.6 Å². The lowest BCUT2D eigenvalue weighted by atomic mass is 10.1. The van der Waals surface area contributed by atoms with E-state index in [-0.39, 0.29) is 5.91 Å². The Morgan fingerprint density at radius 1 is 1.45 bits per heavy atom. The number of carbonyl (C=O) groups excluding carboxylic acids is 2. The van der Waals surface area contributed by atoms with Crippen LogP contribution in [0.3, 0.4) is 0 Å². The molecule has 0 atom stereocenters. The maximum Gasteiger partial charge on any atom is 0.234 e. The largest absolute Gasteiger partial charge is 0.496 e. The molecule has 5 nitrogen and oxygen atoms in total. The highest BCUT2D eigenvalue weighted by molar-refractivity contribution is 5.78. The van der Waals surface area contributed by atoms with Crippen molar-refractivity contribution in [1.82, 2.24) is 10.2 Å². The minimum absolute atomic E-state index is 0.000131. The summed E-state index contributed by atoms with van der Waals surface area (Å²) in [5.41, 5.74) is 1.49. The average Bonchev–Trinajstić information content (AvgIpc) is 2.44. The van der Waals surface area contributed by atoms with Gasteiger partial charge >= 0.3 is 0 Å². The quantitative estimate of drug-likeness (QED) is 0.732. The lowest BCUT2D eigenvalue weighted by molar-refractivity contribution is -0.122. The van der Waals surface area contributed by atoms with Gasteiger partial charge < -0.3 is 10.1 Å². The Labute approximate surface area is 119 Å². The van der Waals surface area contributed by atoms with E-state index in [9.17, 15) is 9.59 Å². The summed E-state index contributed by atoms with van der Waals surface area (Å²) in [4.78, 5) is 24.3. The number of nitrogens with one attached hydrogen (secondary N) is 1. The summed E-state index contributed by atoms with van der Waals surface area (Å²) < 4.78 is 5.27. The number of hydrogen-bond acceptors (Lipinski definition) is 4. The molecule has 1 rings (SSSR count). The molecule has 0 aliphatic heterocycles. The predicted molar refractivity (Wildman–Crippen MR) is 78.0 cm³/mol. The van der Waals surface area contributed by atoms with Gasteiger partial charge in [0.25, 0.3) is 0 Å². The monoisotopic (exact) mass is 278 g/mol. The molecule has 0 saturated heterocycles. The lowest BCUT2D eigenvalue weighted by Crippen LogP contribution is -2.35. The highest BCUT2D eigenvalue weighted by Gasteiger charge is 2.10. The zero-order valence-corrected chi connectivity index (χ0v) is 12.3. The number of carbonyl (C=O) groups is 2. The average molecular weight is 278 g/mol. The van der Waals surface area contributed by atoms with Crippen LogP contribution >= 0.6 is 0 Å². The van der Waals surface area contributed by atoms with Gasteiger partial charge in [-0.15, -0.1) is 0 Å². The second-order valence-electron chi connectivity index (χ2n) is 4.71. The van der Waals surface area contributed by atoms with Crippen LogP contribution in [0.1, 0.15) is 29.3 Å². The molecule has 0 aliphatic carbocycles. The molecule has 0 bridgehead atoms. The van der Waals surface area contributed by atoms with E-state index >= 15 is 0 Å². The van der Waals surface area contributed by atoms with Crippen molar-refractivity contribution >= 4 is 12.2 Å². The van der Waals surface area contributed by atoms with E-state index in [1.807, 2.05) is 18.9 Å². The normalized spacial score (nSPS) is 10.4. The fourth-order valence-corrected chi connectivity index (χ4v) is 1.91. The first-order valence-corrected chi connectivity index (χ1v) is 6.68. The zero-order valence-electron chi connectivity index (χ0n) is 12.3. The van der Waals surface area contributed by atoms with Gasteiger partial charge in [0.1, 0.15) is 12.0 Å². The van der Waals surface area contributed by atoms with Gasteiger partial charge in [0.15, 0.2) is 0 Å². The van der Waals surface area contributed by atoms with E-state index in [0.29, 0.717) is 25.2 Å². The van der Waals surface area contributed by atoms with Crippen LogP contribution in [0, 0.1) is 0 Å². The van der Waals surface area contributed by atoms with Crippen LogP contribution in [0.5, 0.6) is 5.75 Å². The van der Waals surface area contributed by atoms with Gasteiger partial charge in [-0.3, -0.25) is 14.5 Å². The molecule has 20 heavy (non-hydrogen) atoms. The van der Waals surface area contributed by atoms with Crippen molar-refractivity contribution in [1.29, 1.82) is 0 Å². The molecule has 0 aliphatic rings. The second-order valence-corrected chi connectivity index (χ2v) is 4.71. The molecule has 0 radical (unpaired) electrons. The number of likely N-dealkylation sites (N-methyl/N-ethyl adjacent to an activating group) is 1. The van der Waals surface area contributed by atoms with Crippen molar-refractivity contribution in [2.75, 3.05) is 27.2 Å². The minimum atomic E-state index is -0.000131. The fraction of sp³-hybridized carbons (Fsp3) is 0.467. The van der Waals surface area contributed by atoms with Crippen LogP contribution in [0.4, 0.5) is 0 Å². The Kier molecular flexibility index (Phi) is 6.73. The minimum Gasteiger partial charge on any atom is -0.496 e. The maximum atomic E-state index is 11.6. The van der Waals surface area contributed by atoms with Crippen LogP contribution < -0.4 is 10.1 Å². The molecule has 1 aromatic rings. The number of rotatable bonds is 8. The van der Waals surface area contributed by atoms with Gasteiger partial charge in [-0.25, -0.2) is 0 Å². The molecule has 1 aromatic carbocycles. The van der Waals surface area contributed by atoms with Crippen LogP contribution in [0.15, 0.2) is 18.2 Å². The molecule has 0 heterocycles. The first kappa shape index (κ1) is 16.2. The van der Waals surface area contributed by atoms with Crippen LogP contribution in [0.25, 0.3) is 0 Å². The Morgan fingerprint density at radius 3 is 2.80 bits per heavy atom. The summed E-state index contributed by atoms with van der Waals surface area (Å²) in [6, 6.07) is 5.26. The van der Waals surface area contributed by atoms with Crippen LogP contribution in [-0.4, -0.2) is 44.3 Å². The molecule has 0 saturated carbocycles. The molecule has 5 heteroatoms. The number of hydrogen-bond donors (Lipinski definition) is 1.